The highest BCUT2D eigenvalue weighted by molar-refractivity contribution is 8.15. The van der Waals surface area contributed by atoms with Crippen molar-refractivity contribution in [2.24, 2.45) is 4.99 Å². The number of nitrogens with one attached hydrogen (secondary N) is 1. The molecule has 0 radical (unpaired) electrons. The van der Waals surface area contributed by atoms with Crippen molar-refractivity contribution < 1.29 is 0 Å². The molecule has 2 unspecified atom stereocenters. The summed E-state index contributed by atoms with van der Waals surface area (Å²) in [6.45, 7) is 4.02. The Morgan fingerprint density at radius 3 is 1.36 bits per heavy atom. The van der Waals surface area contributed by atoms with Crippen molar-refractivity contribution in [3.8, 4) is 44.5 Å². The maximum atomic E-state index is 8.36. The molecule has 0 bridgehead atoms. The highest BCUT2D eigenvalue weighted by atomic mass is 32.2. The van der Waals surface area contributed by atoms with Gasteiger partial charge < -0.3 is 5.41 Å². The molecule has 8 aromatic rings. The van der Waals surface area contributed by atoms with Gasteiger partial charge in [-0.15, -0.1) is 0 Å². The first-order chi connectivity index (χ1) is 27.0. The van der Waals surface area contributed by atoms with Crippen LogP contribution in [0.15, 0.2) is 187 Å². The van der Waals surface area contributed by atoms with E-state index in [0.29, 0.717) is 11.0 Å². The van der Waals surface area contributed by atoms with Gasteiger partial charge in [-0.25, -0.2) is 0 Å². The number of rotatable bonds is 6. The Hall–Kier alpha value is -6.29. The van der Waals surface area contributed by atoms with E-state index in [1.165, 1.54) is 76.8 Å². The maximum absolute atomic E-state index is 8.36. The smallest absolute Gasteiger partial charge is 0.0991 e. The lowest BCUT2D eigenvalue weighted by atomic mass is 9.77. The van der Waals surface area contributed by atoms with Crippen molar-refractivity contribution >= 4 is 54.8 Å². The first kappa shape index (κ1) is 33.3. The zero-order valence-corrected chi connectivity index (χ0v) is 31.6. The molecule has 55 heavy (non-hydrogen) atoms. The number of allylic oxidation sites excluding steroid dienone is 2. The zero-order chi connectivity index (χ0) is 37.0. The lowest BCUT2D eigenvalue weighted by Crippen LogP contribution is -2.15. The summed E-state index contributed by atoms with van der Waals surface area (Å²) in [5, 5.41) is 17.2. The highest BCUT2D eigenvalue weighted by Crippen LogP contribution is 2.53. The number of nitrogens with zero attached hydrogens (tertiary/aromatic N) is 1. The van der Waals surface area contributed by atoms with E-state index in [2.05, 4.69) is 183 Å². The van der Waals surface area contributed by atoms with Gasteiger partial charge in [0.1, 0.15) is 0 Å². The van der Waals surface area contributed by atoms with Gasteiger partial charge in [0.05, 0.1) is 16.3 Å². The first-order valence-electron chi connectivity index (χ1n) is 19.0. The van der Waals surface area contributed by atoms with E-state index in [0.717, 1.165) is 21.7 Å². The van der Waals surface area contributed by atoms with Crippen LogP contribution in [-0.4, -0.2) is 22.0 Å². The molecule has 1 aliphatic carbocycles. The minimum Gasteiger partial charge on any atom is -0.305 e. The summed E-state index contributed by atoms with van der Waals surface area (Å²) in [6.07, 6.45) is 6.78. The fourth-order valence-corrected chi connectivity index (χ4v) is 9.92. The van der Waals surface area contributed by atoms with E-state index < -0.39 is 0 Å². The van der Waals surface area contributed by atoms with Crippen LogP contribution in [-0.2, 0) is 0 Å². The van der Waals surface area contributed by atoms with E-state index in [-0.39, 0.29) is 6.04 Å². The van der Waals surface area contributed by atoms with Gasteiger partial charge in [0.15, 0.2) is 0 Å². The van der Waals surface area contributed by atoms with Gasteiger partial charge in [-0.2, -0.15) is 0 Å². The van der Waals surface area contributed by atoms with Gasteiger partial charge in [0.25, 0.3) is 0 Å². The third-order valence-corrected chi connectivity index (χ3v) is 12.4. The molecule has 0 aromatic heterocycles. The Morgan fingerprint density at radius 2 is 0.909 bits per heavy atom. The summed E-state index contributed by atoms with van der Waals surface area (Å²) >= 11 is 1.87. The van der Waals surface area contributed by atoms with E-state index in [9.17, 15) is 0 Å². The Kier molecular flexibility index (Phi) is 8.19. The van der Waals surface area contributed by atoms with Crippen LogP contribution >= 0.6 is 11.8 Å². The number of benzene rings is 8. The molecule has 2 nitrogen and oxygen atoms in total. The number of fused-ring (bicyclic) bond motifs is 4. The normalized spacial score (nSPS) is 16.3. The molecule has 0 spiro atoms. The van der Waals surface area contributed by atoms with Crippen LogP contribution in [0, 0.1) is 5.41 Å². The molecule has 1 N–H and O–H groups in total. The molecule has 10 rings (SSSR count). The van der Waals surface area contributed by atoms with Crippen molar-refractivity contribution in [2.75, 3.05) is 0 Å². The van der Waals surface area contributed by atoms with Gasteiger partial charge in [-0.1, -0.05) is 193 Å². The van der Waals surface area contributed by atoms with E-state index >= 15 is 0 Å². The second kappa shape index (κ2) is 13.5. The molecule has 3 heteroatoms. The number of aliphatic imine (C=N–C) groups is 1. The molecule has 8 aromatic carbocycles. The van der Waals surface area contributed by atoms with Crippen molar-refractivity contribution in [2.45, 2.75) is 25.1 Å². The Morgan fingerprint density at radius 1 is 0.509 bits per heavy atom. The molecule has 1 heterocycles. The lowest BCUT2D eigenvalue weighted by molar-refractivity contribution is 0.854. The predicted octanol–water partition coefficient (Wildman–Crippen LogP) is 13.9. The molecule has 1 aliphatic heterocycles. The summed E-state index contributed by atoms with van der Waals surface area (Å²) in [7, 11) is 0. The number of hydrogen-bond acceptors (Lipinski definition) is 3. The number of thioether (sulfide) groups is 1. The molecule has 2 aliphatic rings. The van der Waals surface area contributed by atoms with Crippen molar-refractivity contribution in [3.05, 3.63) is 193 Å². The van der Waals surface area contributed by atoms with Gasteiger partial charge >= 0.3 is 0 Å². The predicted molar refractivity (Wildman–Crippen MR) is 238 cm³/mol. The van der Waals surface area contributed by atoms with Gasteiger partial charge in [-0.05, 0) is 96.2 Å². The third kappa shape index (κ3) is 5.66. The average molecular weight is 723 g/mol. The van der Waals surface area contributed by atoms with E-state index in [1.54, 1.807) is 0 Å². The van der Waals surface area contributed by atoms with Crippen LogP contribution in [0.4, 0.5) is 0 Å². The Labute approximate surface area is 326 Å². The Bertz CT molecular complexity index is 2900. The lowest BCUT2D eigenvalue weighted by Gasteiger charge is -2.25. The van der Waals surface area contributed by atoms with Crippen LogP contribution in [0.3, 0.4) is 0 Å². The number of hydrogen-bond donors (Lipinski definition) is 1. The van der Waals surface area contributed by atoms with Crippen molar-refractivity contribution in [3.63, 3.8) is 0 Å². The van der Waals surface area contributed by atoms with Crippen LogP contribution in [0.5, 0.6) is 0 Å². The maximum Gasteiger partial charge on any atom is 0.0991 e. The fourth-order valence-electron chi connectivity index (χ4n) is 8.63. The molecule has 0 saturated carbocycles. The zero-order valence-electron chi connectivity index (χ0n) is 30.8. The van der Waals surface area contributed by atoms with Gasteiger partial charge in [-0.3, -0.25) is 4.99 Å². The fraction of sp³-hybridized carbons (Fsp3) is 0.0769. The van der Waals surface area contributed by atoms with Crippen LogP contribution < -0.4 is 0 Å². The van der Waals surface area contributed by atoms with Crippen molar-refractivity contribution in [1.82, 2.24) is 0 Å². The topological polar surface area (TPSA) is 36.2 Å². The second-order valence-corrected chi connectivity index (χ2v) is 15.8. The van der Waals surface area contributed by atoms with Crippen LogP contribution in [0.25, 0.3) is 76.8 Å². The van der Waals surface area contributed by atoms with Crippen molar-refractivity contribution in [1.29, 1.82) is 5.41 Å². The third-order valence-electron chi connectivity index (χ3n) is 11.2. The minimum absolute atomic E-state index is 0.193. The summed E-state index contributed by atoms with van der Waals surface area (Å²) in [4.78, 5) is 5.15. The van der Waals surface area contributed by atoms with Gasteiger partial charge in [0.2, 0.25) is 0 Å². The summed E-state index contributed by atoms with van der Waals surface area (Å²) in [6, 6.07) is 57.7. The van der Waals surface area contributed by atoms with Crippen LogP contribution in [0.1, 0.15) is 25.0 Å². The molecular formula is C52H38N2S. The van der Waals surface area contributed by atoms with Crippen LogP contribution in [0.2, 0.25) is 0 Å². The van der Waals surface area contributed by atoms with E-state index in [4.69, 9.17) is 10.4 Å². The summed E-state index contributed by atoms with van der Waals surface area (Å²) in [5.74, 6) is 0. The molecular weight excluding hydrogens is 685 g/mol. The largest absolute Gasteiger partial charge is 0.305 e. The molecule has 0 saturated heterocycles. The SMILES string of the molecule is CC(=N)c1ccc(-c2c3ccccc3c(-c3ccc(C4=NC5C=CC(C)=CC5S4)cc3)c3c(-c4ccccc4)c4ccccc4c(-c4ccccc4)c23)cc1. The summed E-state index contributed by atoms with van der Waals surface area (Å²) in [5.41, 5.74) is 13.5. The Balaban J connectivity index is 1.36. The molecule has 262 valence electrons. The summed E-state index contributed by atoms with van der Waals surface area (Å²) < 4.78 is 0. The monoisotopic (exact) mass is 722 g/mol. The average Bonchev–Trinajstić information content (AvgIpc) is 3.66. The minimum atomic E-state index is 0.193. The molecule has 0 amide bonds. The highest BCUT2D eigenvalue weighted by Gasteiger charge is 2.30. The van der Waals surface area contributed by atoms with E-state index in [1.807, 2.05) is 18.7 Å². The molecule has 0 fully saturated rings. The molecule has 2 atom stereocenters. The first-order valence-corrected chi connectivity index (χ1v) is 19.8. The quantitative estimate of drug-likeness (QED) is 0.135. The standard InChI is InChI=1S/C52H38N2S/c1-32-21-30-44-45(31-32)55-52(54-44)39-28-26-38(27-29-39)49-43-20-12-11-19-42(43)48(37-24-22-34(23-25-37)33(2)53)50-46(35-13-5-3-6-14-35)40-17-9-10-18-41(40)47(51(49)50)36-15-7-4-8-16-36/h3-31,44-45,53H,1-2H3. The second-order valence-electron chi connectivity index (χ2n) is 14.6. The van der Waals surface area contributed by atoms with Gasteiger partial charge in [0, 0.05) is 11.3 Å².